The minimum atomic E-state index is -3.78. The average Bonchev–Trinajstić information content (AvgIpc) is 2.00. The Kier molecular flexibility index (Phi) is 3.65. The van der Waals surface area contributed by atoms with Crippen LogP contribution in [0.25, 0.3) is 0 Å². The van der Waals surface area contributed by atoms with Crippen LogP contribution in [0.2, 0.25) is 0 Å². The fraction of sp³-hybridized carbons (Fsp3) is 0.400. The fourth-order valence-electron chi connectivity index (χ4n) is 0.334. The molecule has 1 unspecified atom stereocenters. The van der Waals surface area contributed by atoms with Gasteiger partial charge in [-0.25, -0.2) is 22.4 Å². The first-order valence-corrected chi connectivity index (χ1v) is 2.58. The van der Waals surface area contributed by atoms with Gasteiger partial charge in [-0.3, -0.25) is 0 Å². The highest BCUT2D eigenvalue weighted by Gasteiger charge is 2.30. The van der Waals surface area contributed by atoms with Gasteiger partial charge in [-0.1, -0.05) is 0 Å². The Labute approximate surface area is 63.3 Å². The molecule has 0 bridgehead atoms. The van der Waals surface area contributed by atoms with E-state index >= 15 is 0 Å². The van der Waals surface area contributed by atoms with Gasteiger partial charge in [0.25, 0.3) is 6.43 Å². The average molecular weight is 190 g/mol. The normalized spacial score (nSPS) is 15.8. The van der Waals surface area contributed by atoms with Crippen LogP contribution in [-0.4, -0.2) is 23.7 Å². The van der Waals surface area contributed by atoms with E-state index in [0.717, 1.165) is 0 Å². The molecule has 0 radical (unpaired) electrons. The van der Waals surface area contributed by atoms with Crippen molar-refractivity contribution in [3.63, 3.8) is 0 Å². The molecule has 12 heavy (non-hydrogen) atoms. The number of carboxylic acids is 1. The summed E-state index contributed by atoms with van der Waals surface area (Å²) in [7, 11) is 0. The zero-order valence-electron chi connectivity index (χ0n) is 5.40. The topological polar surface area (TPSA) is 37.3 Å². The van der Waals surface area contributed by atoms with E-state index in [2.05, 4.69) is 0 Å². The maximum Gasteiger partial charge on any atom is 0.367 e. The summed E-state index contributed by atoms with van der Waals surface area (Å²) in [5.41, 5.74) is 0. The van der Waals surface area contributed by atoms with E-state index in [1.807, 2.05) is 0 Å². The molecule has 0 aromatic heterocycles. The van der Waals surface area contributed by atoms with E-state index in [1.54, 1.807) is 0 Å². The van der Waals surface area contributed by atoms with Crippen LogP contribution >= 0.6 is 0 Å². The molecule has 0 amide bonds. The van der Waals surface area contributed by atoms with E-state index in [0.29, 0.717) is 0 Å². The van der Waals surface area contributed by atoms with Crippen LogP contribution in [0, 0.1) is 0 Å². The Hall–Kier alpha value is -1.14. The Balaban J connectivity index is 4.66. The minimum Gasteiger partial charge on any atom is -0.476 e. The van der Waals surface area contributed by atoms with Crippen LogP contribution < -0.4 is 0 Å². The van der Waals surface area contributed by atoms with Crippen molar-refractivity contribution in [2.45, 2.75) is 12.6 Å². The van der Waals surface area contributed by atoms with E-state index in [1.165, 1.54) is 0 Å². The van der Waals surface area contributed by atoms with Crippen LogP contribution in [0.5, 0.6) is 0 Å². The van der Waals surface area contributed by atoms with Crippen molar-refractivity contribution >= 4 is 5.97 Å². The molecule has 0 spiro atoms. The summed E-state index contributed by atoms with van der Waals surface area (Å²) in [6.07, 6.45) is -7.31. The van der Waals surface area contributed by atoms with E-state index in [4.69, 9.17) is 5.11 Å². The maximum atomic E-state index is 12.0. The highest BCUT2D eigenvalue weighted by Crippen LogP contribution is 2.20. The van der Waals surface area contributed by atoms with Gasteiger partial charge < -0.3 is 5.11 Å². The lowest BCUT2D eigenvalue weighted by molar-refractivity contribution is -0.134. The molecule has 0 saturated carbocycles. The molecule has 0 aliphatic carbocycles. The molecule has 0 aromatic rings. The molecular weight excluding hydrogens is 187 g/mol. The molecule has 7 heteroatoms. The van der Waals surface area contributed by atoms with Crippen molar-refractivity contribution in [3.05, 3.63) is 11.7 Å². The van der Waals surface area contributed by atoms with Gasteiger partial charge in [0, 0.05) is 0 Å². The summed E-state index contributed by atoms with van der Waals surface area (Å²) in [4.78, 5) is 9.58. The van der Waals surface area contributed by atoms with Gasteiger partial charge in [-0.2, -0.15) is 4.39 Å². The number of halogens is 5. The third-order valence-electron chi connectivity index (χ3n) is 0.861. The molecule has 0 fully saturated rings. The maximum absolute atomic E-state index is 12.0. The number of hydrogen-bond acceptors (Lipinski definition) is 1. The second-order valence-corrected chi connectivity index (χ2v) is 1.70. The van der Waals surface area contributed by atoms with Crippen molar-refractivity contribution in [3.8, 4) is 0 Å². The van der Waals surface area contributed by atoms with E-state index in [-0.39, 0.29) is 0 Å². The van der Waals surface area contributed by atoms with Crippen molar-refractivity contribution in [2.24, 2.45) is 0 Å². The van der Waals surface area contributed by atoms with E-state index < -0.39 is 30.2 Å². The quantitative estimate of drug-likeness (QED) is 0.544. The number of alkyl halides is 3. The summed E-state index contributed by atoms with van der Waals surface area (Å²) in [5.74, 6) is -7.56. The molecule has 0 aliphatic rings. The monoisotopic (exact) mass is 190 g/mol. The zero-order valence-corrected chi connectivity index (χ0v) is 5.40. The first kappa shape index (κ1) is 10.9. The van der Waals surface area contributed by atoms with Gasteiger partial charge in [0.15, 0.2) is 5.83 Å². The van der Waals surface area contributed by atoms with Crippen molar-refractivity contribution in [1.82, 2.24) is 0 Å². The van der Waals surface area contributed by atoms with E-state index in [9.17, 15) is 26.7 Å². The van der Waals surface area contributed by atoms with Gasteiger partial charge in [0.05, 0.1) is 0 Å². The predicted octanol–water partition coefficient (Wildman–Crippen LogP) is 1.82. The minimum absolute atomic E-state index is 2.42. The predicted molar refractivity (Wildman–Crippen MR) is 27.8 cm³/mol. The van der Waals surface area contributed by atoms with Gasteiger partial charge in [0.2, 0.25) is 12.0 Å². The summed E-state index contributed by atoms with van der Waals surface area (Å²) < 4.78 is 58.3. The smallest absolute Gasteiger partial charge is 0.367 e. The van der Waals surface area contributed by atoms with Crippen molar-refractivity contribution in [1.29, 1.82) is 0 Å². The van der Waals surface area contributed by atoms with Crippen LogP contribution in [-0.2, 0) is 4.79 Å². The number of rotatable bonds is 3. The van der Waals surface area contributed by atoms with Crippen molar-refractivity contribution in [2.75, 3.05) is 0 Å². The summed E-state index contributed by atoms with van der Waals surface area (Å²) >= 11 is 0. The largest absolute Gasteiger partial charge is 0.476 e. The van der Waals surface area contributed by atoms with Crippen LogP contribution in [0.15, 0.2) is 11.7 Å². The molecule has 0 rings (SSSR count). The van der Waals surface area contributed by atoms with Gasteiger partial charge in [0.1, 0.15) is 0 Å². The van der Waals surface area contributed by atoms with Crippen LogP contribution in [0.4, 0.5) is 22.0 Å². The lowest BCUT2D eigenvalue weighted by Gasteiger charge is -2.02. The third-order valence-corrected chi connectivity index (χ3v) is 0.861. The molecule has 0 saturated heterocycles. The molecule has 1 atom stereocenters. The highest BCUT2D eigenvalue weighted by molar-refractivity contribution is 5.84. The summed E-state index contributed by atoms with van der Waals surface area (Å²) in [5, 5.41) is 7.70. The Morgan fingerprint density at radius 1 is 1.17 bits per heavy atom. The molecule has 1 N–H and O–H groups in total. The van der Waals surface area contributed by atoms with Crippen LogP contribution in [0.1, 0.15) is 0 Å². The third kappa shape index (κ3) is 2.48. The second kappa shape index (κ2) is 4.03. The Bertz CT molecular complexity index is 212. The molecule has 70 valence electrons. The fourth-order valence-corrected chi connectivity index (χ4v) is 0.334. The number of carboxylic acid groups (broad SMARTS) is 1. The first-order valence-electron chi connectivity index (χ1n) is 2.58. The number of carbonyl (C=O) groups is 1. The van der Waals surface area contributed by atoms with Crippen molar-refractivity contribution < 1.29 is 31.9 Å². The molecular formula is C5H3F5O2. The van der Waals surface area contributed by atoms with Gasteiger partial charge >= 0.3 is 5.97 Å². The summed E-state index contributed by atoms with van der Waals surface area (Å²) in [6.45, 7) is 0. The number of aliphatic carboxylic acids is 1. The number of allylic oxidation sites excluding steroid dienone is 1. The Morgan fingerprint density at radius 2 is 1.58 bits per heavy atom. The number of hydrogen-bond donors (Lipinski definition) is 1. The standard InChI is InChI=1S/C5H3F5O2/c6-1(2(7)4(9)10)3(8)5(11)12/h2,4H,(H,11,12). The Morgan fingerprint density at radius 3 is 1.83 bits per heavy atom. The molecule has 0 aliphatic heterocycles. The zero-order chi connectivity index (χ0) is 9.89. The van der Waals surface area contributed by atoms with Gasteiger partial charge in [-0.05, 0) is 0 Å². The molecule has 2 nitrogen and oxygen atoms in total. The lowest BCUT2D eigenvalue weighted by atomic mass is 10.3. The molecule has 0 aromatic carbocycles. The summed E-state index contributed by atoms with van der Waals surface area (Å²) in [6, 6.07) is 0. The first-order chi connectivity index (χ1) is 5.37. The van der Waals surface area contributed by atoms with Crippen LogP contribution in [0.3, 0.4) is 0 Å². The molecule has 0 heterocycles. The SMILES string of the molecule is O=C(O)C(F)=C(F)C(F)C(F)F. The van der Waals surface area contributed by atoms with Gasteiger partial charge in [-0.15, -0.1) is 0 Å². The second-order valence-electron chi connectivity index (χ2n) is 1.70. The highest BCUT2D eigenvalue weighted by atomic mass is 19.3. The lowest BCUT2D eigenvalue weighted by Crippen LogP contribution is -2.15.